The van der Waals surface area contributed by atoms with Gasteiger partial charge in [0, 0.05) is 18.2 Å². The number of nitrogens with one attached hydrogen (secondary N) is 2. The third kappa shape index (κ3) is 3.09. The minimum atomic E-state index is -0.0991. The van der Waals surface area contributed by atoms with Crippen LogP contribution >= 0.6 is 0 Å². The van der Waals surface area contributed by atoms with Crippen molar-refractivity contribution in [3.8, 4) is 5.75 Å². The van der Waals surface area contributed by atoms with Crippen LogP contribution in [-0.2, 0) is 4.74 Å². The molecule has 0 unspecified atom stereocenters. The van der Waals surface area contributed by atoms with E-state index >= 15 is 0 Å². The van der Waals surface area contributed by atoms with Crippen molar-refractivity contribution in [2.75, 3.05) is 13.2 Å². The molecule has 2 heterocycles. The molecular weight excluding hydrogens is 304 g/mol. The number of fused-ring (bicyclic) bond motifs is 1. The summed E-state index contributed by atoms with van der Waals surface area (Å²) in [6.07, 6.45) is 6.60. The zero-order chi connectivity index (χ0) is 16.6. The third-order valence-electron chi connectivity index (χ3n) is 5.59. The first-order chi connectivity index (χ1) is 11.6. The van der Waals surface area contributed by atoms with Gasteiger partial charge in [0.15, 0.2) is 0 Å². The lowest BCUT2D eigenvalue weighted by Gasteiger charge is -2.38. The van der Waals surface area contributed by atoms with E-state index in [1.54, 1.807) is 0 Å². The van der Waals surface area contributed by atoms with E-state index in [0.29, 0.717) is 6.61 Å². The van der Waals surface area contributed by atoms with Gasteiger partial charge in [0.25, 0.3) is 0 Å². The molecule has 0 bridgehead atoms. The van der Waals surface area contributed by atoms with E-state index in [-0.39, 0.29) is 23.7 Å². The lowest BCUT2D eigenvalue weighted by molar-refractivity contribution is -0.0820. The topological polar surface area (TPSA) is 59.6 Å². The van der Waals surface area contributed by atoms with Crippen LogP contribution in [0.1, 0.15) is 55.7 Å². The number of ether oxygens (including phenoxy) is 2. The molecule has 5 nitrogen and oxygen atoms in total. The number of hydrogen-bond donors (Lipinski definition) is 2. The number of amides is 2. The summed E-state index contributed by atoms with van der Waals surface area (Å²) < 4.78 is 11.7. The fourth-order valence-corrected chi connectivity index (χ4v) is 4.36. The van der Waals surface area contributed by atoms with Gasteiger partial charge in [-0.3, -0.25) is 0 Å². The summed E-state index contributed by atoms with van der Waals surface area (Å²) >= 11 is 0. The molecule has 1 aliphatic carbocycles. The summed E-state index contributed by atoms with van der Waals surface area (Å²) in [5, 5.41) is 6.23. The maximum absolute atomic E-state index is 12.4. The van der Waals surface area contributed by atoms with Crippen LogP contribution < -0.4 is 15.4 Å². The largest absolute Gasteiger partial charge is 0.491 e. The monoisotopic (exact) mass is 330 g/mol. The molecule has 1 aromatic carbocycles. The molecule has 2 aliphatic heterocycles. The molecule has 3 aliphatic rings. The van der Waals surface area contributed by atoms with Crippen molar-refractivity contribution in [2.45, 2.75) is 63.1 Å². The maximum atomic E-state index is 12.4. The minimum absolute atomic E-state index is 0.0242. The van der Waals surface area contributed by atoms with Crippen molar-refractivity contribution in [1.29, 1.82) is 0 Å². The zero-order valence-electron chi connectivity index (χ0n) is 14.3. The first-order valence-corrected chi connectivity index (χ1v) is 9.08. The molecule has 1 saturated carbocycles. The van der Waals surface area contributed by atoms with Gasteiger partial charge in [-0.1, -0.05) is 30.5 Å². The van der Waals surface area contributed by atoms with Crippen LogP contribution in [0.3, 0.4) is 0 Å². The van der Waals surface area contributed by atoms with Crippen LogP contribution in [0, 0.1) is 6.92 Å². The van der Waals surface area contributed by atoms with E-state index in [9.17, 15) is 4.79 Å². The number of carbonyl (C=O) groups excluding carboxylic acids is 1. The molecule has 24 heavy (non-hydrogen) atoms. The molecule has 2 N–H and O–H groups in total. The Morgan fingerprint density at radius 1 is 1.25 bits per heavy atom. The average Bonchev–Trinajstić information content (AvgIpc) is 3.15. The van der Waals surface area contributed by atoms with Crippen molar-refractivity contribution < 1.29 is 14.3 Å². The summed E-state index contributed by atoms with van der Waals surface area (Å²) in [5.74, 6) is 0.877. The Bertz CT molecular complexity index is 625. The highest BCUT2D eigenvalue weighted by atomic mass is 16.5. The minimum Gasteiger partial charge on any atom is -0.491 e. The number of aryl methyl sites for hydroxylation is 1. The van der Waals surface area contributed by atoms with Gasteiger partial charge in [0.05, 0.1) is 11.6 Å². The second kappa shape index (κ2) is 6.28. The second-order valence-corrected chi connectivity index (χ2v) is 7.45. The molecule has 5 heteroatoms. The molecule has 2 amide bonds. The molecule has 130 valence electrons. The van der Waals surface area contributed by atoms with Gasteiger partial charge >= 0.3 is 6.03 Å². The van der Waals surface area contributed by atoms with Crippen LogP contribution in [0.4, 0.5) is 4.79 Å². The van der Waals surface area contributed by atoms with E-state index in [0.717, 1.165) is 43.6 Å². The summed E-state index contributed by atoms with van der Waals surface area (Å²) in [5.41, 5.74) is 2.28. The predicted octanol–water partition coefficient (Wildman–Crippen LogP) is 3.22. The number of urea groups is 1. The predicted molar refractivity (Wildman–Crippen MR) is 91.3 cm³/mol. The van der Waals surface area contributed by atoms with Gasteiger partial charge in [0.1, 0.15) is 12.4 Å². The van der Waals surface area contributed by atoms with Crippen molar-refractivity contribution in [2.24, 2.45) is 0 Å². The SMILES string of the molecule is Cc1ccc2c(c1)[C@@H](NC(=O)N[C@H]1CCOC3(CCCC3)C1)CO2. The fraction of sp³-hybridized carbons (Fsp3) is 0.632. The van der Waals surface area contributed by atoms with Crippen LogP contribution in [0.2, 0.25) is 0 Å². The van der Waals surface area contributed by atoms with Gasteiger partial charge in [-0.25, -0.2) is 4.79 Å². The first-order valence-electron chi connectivity index (χ1n) is 9.08. The summed E-state index contributed by atoms with van der Waals surface area (Å²) in [7, 11) is 0. The average molecular weight is 330 g/mol. The lowest BCUT2D eigenvalue weighted by atomic mass is 9.89. The molecule has 1 aromatic rings. The smallest absolute Gasteiger partial charge is 0.315 e. The highest BCUT2D eigenvalue weighted by Gasteiger charge is 2.40. The Kier molecular flexibility index (Phi) is 4.12. The Morgan fingerprint density at radius 2 is 2.08 bits per heavy atom. The molecule has 1 saturated heterocycles. The van der Waals surface area contributed by atoms with Gasteiger partial charge in [-0.2, -0.15) is 0 Å². The molecule has 1 spiro atoms. The van der Waals surface area contributed by atoms with Crippen LogP contribution in [0.5, 0.6) is 5.75 Å². The molecule has 2 atom stereocenters. The second-order valence-electron chi connectivity index (χ2n) is 7.45. The Balaban J connectivity index is 1.35. The van der Waals surface area contributed by atoms with Gasteiger partial charge < -0.3 is 20.1 Å². The van der Waals surface area contributed by atoms with E-state index in [1.807, 2.05) is 12.1 Å². The van der Waals surface area contributed by atoms with Gasteiger partial charge in [-0.05, 0) is 38.7 Å². The quantitative estimate of drug-likeness (QED) is 0.875. The van der Waals surface area contributed by atoms with Gasteiger partial charge in [0.2, 0.25) is 0 Å². The summed E-state index contributed by atoms with van der Waals surface area (Å²) in [6, 6.07) is 6.14. The van der Waals surface area contributed by atoms with Crippen molar-refractivity contribution >= 4 is 6.03 Å². The third-order valence-corrected chi connectivity index (χ3v) is 5.59. The van der Waals surface area contributed by atoms with Gasteiger partial charge in [-0.15, -0.1) is 0 Å². The van der Waals surface area contributed by atoms with E-state index < -0.39 is 0 Å². The summed E-state index contributed by atoms with van der Waals surface area (Å²) in [6.45, 7) is 3.31. The standard InChI is InChI=1S/C19H26N2O3/c1-13-4-5-17-15(10-13)16(12-23-17)21-18(22)20-14-6-9-24-19(11-14)7-2-3-8-19/h4-5,10,14,16H,2-3,6-9,11-12H2,1H3,(H2,20,21,22)/t14-,16-/m0/s1. The molecular formula is C19H26N2O3. The lowest BCUT2D eigenvalue weighted by Crippen LogP contribution is -2.50. The number of carbonyl (C=O) groups is 1. The molecule has 2 fully saturated rings. The van der Waals surface area contributed by atoms with Crippen LogP contribution in [0.25, 0.3) is 0 Å². The maximum Gasteiger partial charge on any atom is 0.315 e. The highest BCUT2D eigenvalue weighted by Crippen LogP contribution is 2.40. The van der Waals surface area contributed by atoms with Crippen LogP contribution in [-0.4, -0.2) is 30.9 Å². The summed E-state index contributed by atoms with van der Waals surface area (Å²) in [4.78, 5) is 12.4. The Morgan fingerprint density at radius 3 is 2.92 bits per heavy atom. The van der Waals surface area contributed by atoms with Crippen molar-refractivity contribution in [1.82, 2.24) is 10.6 Å². The molecule has 4 rings (SSSR count). The molecule has 0 aromatic heterocycles. The van der Waals surface area contributed by atoms with E-state index in [1.165, 1.54) is 18.4 Å². The fourth-order valence-electron chi connectivity index (χ4n) is 4.36. The molecule has 0 radical (unpaired) electrons. The number of benzene rings is 1. The normalized spacial score (nSPS) is 27.5. The Labute approximate surface area is 143 Å². The number of hydrogen-bond acceptors (Lipinski definition) is 3. The van der Waals surface area contributed by atoms with Crippen LogP contribution in [0.15, 0.2) is 18.2 Å². The van der Waals surface area contributed by atoms with Crippen molar-refractivity contribution in [3.63, 3.8) is 0 Å². The Hall–Kier alpha value is -1.75. The van der Waals surface area contributed by atoms with E-state index in [2.05, 4.69) is 23.6 Å². The number of rotatable bonds is 2. The van der Waals surface area contributed by atoms with E-state index in [4.69, 9.17) is 9.47 Å². The van der Waals surface area contributed by atoms with Crippen molar-refractivity contribution in [3.05, 3.63) is 29.3 Å². The first kappa shape index (κ1) is 15.8. The highest BCUT2D eigenvalue weighted by molar-refractivity contribution is 5.75. The zero-order valence-corrected chi connectivity index (χ0v) is 14.3.